The zero-order valence-electron chi connectivity index (χ0n) is 7.35. The molecule has 0 saturated carbocycles. The van der Waals surface area contributed by atoms with Crippen LogP contribution in [0.3, 0.4) is 0 Å². The molecule has 0 saturated heterocycles. The molecule has 63 valence electrons. The summed E-state index contributed by atoms with van der Waals surface area (Å²) in [5.74, 6) is 0.551. The Morgan fingerprint density at radius 3 is 2.00 bits per heavy atom. The Kier molecular flexibility index (Phi) is 3.99. The van der Waals surface area contributed by atoms with Gasteiger partial charge in [-0.25, -0.2) is 0 Å². The third kappa shape index (κ3) is 2.15. The number of nitrogens with zero attached hydrogens (tertiary/aromatic N) is 2. The van der Waals surface area contributed by atoms with Gasteiger partial charge in [0, 0.05) is 26.1 Å². The van der Waals surface area contributed by atoms with E-state index in [2.05, 4.69) is 24.0 Å². The molecule has 0 aromatic carbocycles. The van der Waals surface area contributed by atoms with E-state index >= 15 is 0 Å². The van der Waals surface area contributed by atoms with Crippen molar-refractivity contribution in [3.05, 3.63) is 17.0 Å². The maximum atomic E-state index is 3.99. The van der Waals surface area contributed by atoms with Gasteiger partial charge in [-0.05, 0) is 18.4 Å². The molecule has 11 heavy (non-hydrogen) atoms. The first-order valence-corrected chi connectivity index (χ1v) is 3.59. The molecular formula is C8H13N2Re-. The van der Waals surface area contributed by atoms with Gasteiger partial charge in [0.2, 0.25) is 0 Å². The second kappa shape index (κ2) is 4.04. The fourth-order valence-corrected chi connectivity index (χ4v) is 1.36. The molecule has 0 spiro atoms. The summed E-state index contributed by atoms with van der Waals surface area (Å²) >= 11 is 0. The topological polar surface area (TPSA) is 27.0 Å². The maximum Gasteiger partial charge on any atom is 0.0166 e. The minimum atomic E-state index is 0. The smallest absolute Gasteiger partial charge is 0.0166 e. The van der Waals surface area contributed by atoms with Gasteiger partial charge in [0.25, 0.3) is 0 Å². The summed E-state index contributed by atoms with van der Waals surface area (Å²) in [7, 11) is 0. The van der Waals surface area contributed by atoms with Crippen LogP contribution < -0.4 is 5.10 Å². The molecule has 0 amide bonds. The van der Waals surface area contributed by atoms with Crippen LogP contribution in [0.1, 0.15) is 36.7 Å². The average Bonchev–Trinajstić information content (AvgIpc) is 2.11. The van der Waals surface area contributed by atoms with Crippen molar-refractivity contribution in [3.63, 3.8) is 0 Å². The van der Waals surface area contributed by atoms with Crippen LogP contribution >= 0.6 is 0 Å². The second-order valence-corrected chi connectivity index (χ2v) is 2.94. The Hall–Kier alpha value is -0.128. The number of hydrogen-bond donors (Lipinski definition) is 0. The third-order valence-corrected chi connectivity index (χ3v) is 1.71. The first kappa shape index (κ1) is 10.9. The predicted octanol–water partition coefficient (Wildman–Crippen LogP) is 1.78. The molecule has 1 aromatic heterocycles. The zero-order valence-corrected chi connectivity index (χ0v) is 10.1. The third-order valence-electron chi connectivity index (χ3n) is 1.71. The number of hydrogen-bond acceptors (Lipinski definition) is 1. The van der Waals surface area contributed by atoms with Gasteiger partial charge in [0.05, 0.1) is 0 Å². The molecule has 0 fully saturated rings. The van der Waals surface area contributed by atoms with Crippen molar-refractivity contribution in [2.24, 2.45) is 0 Å². The molecule has 0 unspecified atom stereocenters. The molecule has 0 atom stereocenters. The van der Waals surface area contributed by atoms with Crippen LogP contribution in [0.4, 0.5) is 0 Å². The summed E-state index contributed by atoms with van der Waals surface area (Å²) < 4.78 is 0. The molecule has 0 aliphatic rings. The van der Waals surface area contributed by atoms with E-state index < -0.39 is 0 Å². The fourth-order valence-electron chi connectivity index (χ4n) is 1.36. The van der Waals surface area contributed by atoms with E-state index in [9.17, 15) is 0 Å². The van der Waals surface area contributed by atoms with E-state index in [1.165, 1.54) is 5.56 Å². The second-order valence-electron chi connectivity index (χ2n) is 2.94. The van der Waals surface area contributed by atoms with Gasteiger partial charge in [-0.3, -0.25) is 0 Å². The van der Waals surface area contributed by atoms with E-state index in [0.29, 0.717) is 5.92 Å². The molecule has 1 rings (SSSR count). The first-order chi connectivity index (χ1) is 4.63. The van der Waals surface area contributed by atoms with E-state index in [1.54, 1.807) is 0 Å². The fraction of sp³-hybridized carbons (Fsp3) is 0.625. The molecule has 1 radical (unpaired) electrons. The van der Waals surface area contributed by atoms with Crippen molar-refractivity contribution in [3.8, 4) is 0 Å². The average molecular weight is 323 g/mol. The SMILES string of the molecule is Cc1n[n-]c(C)c1C(C)C.[Re]. The Morgan fingerprint density at radius 2 is 1.82 bits per heavy atom. The van der Waals surface area contributed by atoms with E-state index in [0.717, 1.165) is 11.4 Å². The monoisotopic (exact) mass is 324 g/mol. The first-order valence-electron chi connectivity index (χ1n) is 3.59. The van der Waals surface area contributed by atoms with Gasteiger partial charge >= 0.3 is 0 Å². The minimum Gasteiger partial charge on any atom is -0.579 e. The van der Waals surface area contributed by atoms with Crippen LogP contribution in [0.15, 0.2) is 0 Å². The standard InChI is InChI=1S/C8H13N2.Re/c1-5(2)8-6(3)9-10-7(8)4;/h5H,1-4H3;/q-1;. The van der Waals surface area contributed by atoms with E-state index in [-0.39, 0.29) is 20.4 Å². The van der Waals surface area contributed by atoms with Gasteiger partial charge in [-0.2, -0.15) is 0 Å². The molecule has 0 N–H and O–H groups in total. The van der Waals surface area contributed by atoms with E-state index in [4.69, 9.17) is 0 Å². The van der Waals surface area contributed by atoms with Gasteiger partial charge in [0.1, 0.15) is 0 Å². The zero-order chi connectivity index (χ0) is 7.72. The van der Waals surface area contributed by atoms with Crippen molar-refractivity contribution in [2.45, 2.75) is 33.6 Å². The van der Waals surface area contributed by atoms with Gasteiger partial charge in [-0.1, -0.05) is 20.8 Å². The van der Waals surface area contributed by atoms with Gasteiger partial charge in [0.15, 0.2) is 0 Å². The normalized spacial score (nSPS) is 9.91. The molecular weight excluding hydrogens is 310 g/mol. The summed E-state index contributed by atoms with van der Waals surface area (Å²) in [6, 6.07) is 0. The van der Waals surface area contributed by atoms with Crippen LogP contribution in [0.2, 0.25) is 0 Å². The summed E-state index contributed by atoms with van der Waals surface area (Å²) in [6.45, 7) is 8.35. The summed E-state index contributed by atoms with van der Waals surface area (Å²) in [5, 5.41) is 7.97. The number of aromatic nitrogens is 2. The Morgan fingerprint density at radius 1 is 1.27 bits per heavy atom. The minimum absolute atomic E-state index is 0. The molecule has 0 bridgehead atoms. The van der Waals surface area contributed by atoms with Crippen molar-refractivity contribution >= 4 is 0 Å². The molecule has 1 aromatic rings. The summed E-state index contributed by atoms with van der Waals surface area (Å²) in [5.41, 5.74) is 3.46. The van der Waals surface area contributed by atoms with Crippen molar-refractivity contribution in [1.82, 2.24) is 10.2 Å². The molecule has 2 nitrogen and oxygen atoms in total. The van der Waals surface area contributed by atoms with Crippen molar-refractivity contribution in [2.75, 3.05) is 0 Å². The largest absolute Gasteiger partial charge is 0.579 e. The van der Waals surface area contributed by atoms with Crippen LogP contribution in [0.5, 0.6) is 0 Å². The molecule has 0 aliphatic heterocycles. The van der Waals surface area contributed by atoms with E-state index in [1.807, 2.05) is 13.8 Å². The molecule has 1 heterocycles. The van der Waals surface area contributed by atoms with Crippen LogP contribution in [0, 0.1) is 13.8 Å². The number of rotatable bonds is 1. The Bertz CT molecular complexity index is 208. The van der Waals surface area contributed by atoms with Crippen molar-refractivity contribution in [1.29, 1.82) is 0 Å². The maximum absolute atomic E-state index is 3.99. The van der Waals surface area contributed by atoms with Crippen molar-refractivity contribution < 1.29 is 20.4 Å². The molecule has 3 heteroatoms. The summed E-state index contributed by atoms with van der Waals surface area (Å²) in [6.07, 6.45) is 0. The van der Waals surface area contributed by atoms with Crippen LogP contribution in [-0.4, -0.2) is 5.10 Å². The molecule has 0 aliphatic carbocycles. The summed E-state index contributed by atoms with van der Waals surface area (Å²) in [4.78, 5) is 0. The number of aryl methyl sites for hydroxylation is 2. The van der Waals surface area contributed by atoms with Crippen LogP contribution in [-0.2, 0) is 20.4 Å². The quantitative estimate of drug-likeness (QED) is 0.788. The predicted molar refractivity (Wildman–Crippen MR) is 41.1 cm³/mol. The Labute approximate surface area is 81.4 Å². The van der Waals surface area contributed by atoms with Gasteiger partial charge < -0.3 is 10.2 Å². The van der Waals surface area contributed by atoms with Crippen LogP contribution in [0.25, 0.3) is 0 Å². The van der Waals surface area contributed by atoms with Gasteiger partial charge in [-0.15, -0.1) is 5.69 Å². The Balaban J connectivity index is 0.000001000.